The number of hydrogen-bond acceptors (Lipinski definition) is 3. The van der Waals surface area contributed by atoms with Gasteiger partial charge in [-0.05, 0) is 24.1 Å². The van der Waals surface area contributed by atoms with Crippen molar-refractivity contribution in [2.45, 2.75) is 18.2 Å². The number of rotatable bonds is 6. The Morgan fingerprint density at radius 1 is 1.47 bits per heavy atom. The molecular formula is C13H17NO4S. The highest BCUT2D eigenvalue weighted by Crippen LogP contribution is 2.21. The van der Waals surface area contributed by atoms with Gasteiger partial charge in [-0.2, -0.15) is 4.31 Å². The van der Waals surface area contributed by atoms with Gasteiger partial charge in [-0.1, -0.05) is 19.1 Å². The van der Waals surface area contributed by atoms with Crippen LogP contribution in [-0.2, 0) is 16.4 Å². The maximum Gasteiger partial charge on any atom is 0.335 e. The summed E-state index contributed by atoms with van der Waals surface area (Å²) in [5.74, 6) is -1.15. The maximum atomic E-state index is 12.4. The molecule has 0 unspecified atom stereocenters. The Morgan fingerprint density at radius 2 is 2.11 bits per heavy atom. The molecule has 0 aliphatic carbocycles. The van der Waals surface area contributed by atoms with Gasteiger partial charge >= 0.3 is 5.97 Å². The molecule has 0 fully saturated rings. The fourth-order valence-corrected chi connectivity index (χ4v) is 3.12. The molecule has 1 aromatic rings. The van der Waals surface area contributed by atoms with Crippen molar-refractivity contribution in [2.75, 3.05) is 13.6 Å². The molecule has 6 heteroatoms. The molecule has 0 amide bonds. The van der Waals surface area contributed by atoms with E-state index in [-0.39, 0.29) is 17.0 Å². The summed E-state index contributed by atoms with van der Waals surface area (Å²) in [4.78, 5) is 11.0. The Kier molecular flexibility index (Phi) is 4.85. The Balaban J connectivity index is 3.42. The quantitative estimate of drug-likeness (QED) is 0.807. The average molecular weight is 283 g/mol. The molecule has 0 aliphatic rings. The molecule has 0 spiro atoms. The van der Waals surface area contributed by atoms with Crippen LogP contribution in [0.25, 0.3) is 0 Å². The smallest absolute Gasteiger partial charge is 0.335 e. The molecule has 0 saturated heterocycles. The zero-order valence-electron chi connectivity index (χ0n) is 11.0. The first-order valence-electron chi connectivity index (χ1n) is 5.78. The minimum Gasteiger partial charge on any atom is -0.478 e. The first-order chi connectivity index (χ1) is 8.84. The predicted molar refractivity (Wildman–Crippen MR) is 72.8 cm³/mol. The van der Waals surface area contributed by atoms with Crippen LogP contribution >= 0.6 is 0 Å². The Bertz CT molecular complexity index is 593. The predicted octanol–water partition coefficient (Wildman–Crippen LogP) is 1.75. The second kappa shape index (κ2) is 5.99. The number of aromatic carboxylic acids is 1. The zero-order chi connectivity index (χ0) is 14.6. The molecule has 0 aliphatic heterocycles. The molecule has 1 N–H and O–H groups in total. The Hall–Kier alpha value is -1.66. The highest BCUT2D eigenvalue weighted by molar-refractivity contribution is 7.89. The van der Waals surface area contributed by atoms with E-state index in [0.717, 1.165) is 4.31 Å². The summed E-state index contributed by atoms with van der Waals surface area (Å²) in [6.45, 7) is 5.49. The normalized spacial score (nSPS) is 11.5. The number of likely N-dealkylation sites (N-methyl/N-ethyl adjacent to an activating group) is 1. The van der Waals surface area contributed by atoms with Crippen molar-refractivity contribution in [1.29, 1.82) is 0 Å². The standard InChI is InChI=1S/C13H17NO4S/c1-4-8-14(3)19(17,18)12-9-11(13(15)16)7-6-10(12)5-2/h4,6-7,9H,1,5,8H2,2-3H3,(H,15,16). The fraction of sp³-hybridized carbons (Fsp3) is 0.308. The summed E-state index contributed by atoms with van der Waals surface area (Å²) in [7, 11) is -2.27. The molecule has 0 bridgehead atoms. The Morgan fingerprint density at radius 3 is 2.58 bits per heavy atom. The Labute approximate surface area is 113 Å². The largest absolute Gasteiger partial charge is 0.478 e. The van der Waals surface area contributed by atoms with Crippen molar-refractivity contribution < 1.29 is 18.3 Å². The van der Waals surface area contributed by atoms with E-state index in [2.05, 4.69) is 6.58 Å². The SMILES string of the molecule is C=CCN(C)S(=O)(=O)c1cc(C(=O)O)ccc1CC. The van der Waals surface area contributed by atoms with Crippen LogP contribution in [0.1, 0.15) is 22.8 Å². The average Bonchev–Trinajstić information content (AvgIpc) is 2.38. The van der Waals surface area contributed by atoms with E-state index in [4.69, 9.17) is 5.11 Å². The monoisotopic (exact) mass is 283 g/mol. The van der Waals surface area contributed by atoms with Crippen LogP contribution in [0.4, 0.5) is 0 Å². The van der Waals surface area contributed by atoms with Crippen LogP contribution in [-0.4, -0.2) is 37.4 Å². The van der Waals surface area contributed by atoms with Crippen LogP contribution in [0.3, 0.4) is 0 Å². The third-order valence-electron chi connectivity index (χ3n) is 2.77. The molecule has 19 heavy (non-hydrogen) atoms. The highest BCUT2D eigenvalue weighted by atomic mass is 32.2. The summed E-state index contributed by atoms with van der Waals surface area (Å²) >= 11 is 0. The van der Waals surface area contributed by atoms with E-state index in [1.165, 1.54) is 31.3 Å². The maximum absolute atomic E-state index is 12.4. The number of aryl methyl sites for hydroxylation is 1. The molecule has 1 aromatic carbocycles. The lowest BCUT2D eigenvalue weighted by Crippen LogP contribution is -2.28. The molecule has 1 rings (SSSR count). The van der Waals surface area contributed by atoms with Crippen molar-refractivity contribution in [3.05, 3.63) is 42.0 Å². The molecule has 0 atom stereocenters. The van der Waals surface area contributed by atoms with Crippen LogP contribution in [0, 0.1) is 0 Å². The molecule has 0 radical (unpaired) electrons. The number of benzene rings is 1. The first-order valence-corrected chi connectivity index (χ1v) is 7.22. The van der Waals surface area contributed by atoms with Gasteiger partial charge in [-0.15, -0.1) is 6.58 Å². The van der Waals surface area contributed by atoms with Gasteiger partial charge in [0.25, 0.3) is 0 Å². The van der Waals surface area contributed by atoms with Crippen molar-refractivity contribution in [3.63, 3.8) is 0 Å². The topological polar surface area (TPSA) is 74.7 Å². The van der Waals surface area contributed by atoms with Gasteiger partial charge in [0.05, 0.1) is 10.5 Å². The van der Waals surface area contributed by atoms with Gasteiger partial charge in [-0.25, -0.2) is 13.2 Å². The summed E-state index contributed by atoms with van der Waals surface area (Å²) in [5, 5.41) is 8.96. The van der Waals surface area contributed by atoms with E-state index in [0.29, 0.717) is 12.0 Å². The molecule has 0 aromatic heterocycles. The summed E-state index contributed by atoms with van der Waals surface area (Å²) in [5.41, 5.74) is 0.559. The van der Waals surface area contributed by atoms with Crippen molar-refractivity contribution in [1.82, 2.24) is 4.31 Å². The van der Waals surface area contributed by atoms with Gasteiger partial charge in [-0.3, -0.25) is 0 Å². The van der Waals surface area contributed by atoms with Crippen molar-refractivity contribution >= 4 is 16.0 Å². The van der Waals surface area contributed by atoms with Crippen molar-refractivity contribution in [2.24, 2.45) is 0 Å². The minimum atomic E-state index is -3.70. The van der Waals surface area contributed by atoms with Crippen LogP contribution in [0.5, 0.6) is 0 Å². The summed E-state index contributed by atoms with van der Waals surface area (Å²) in [6, 6.07) is 4.15. The van der Waals surface area contributed by atoms with E-state index in [1.807, 2.05) is 6.92 Å². The lowest BCUT2D eigenvalue weighted by atomic mass is 10.1. The van der Waals surface area contributed by atoms with Gasteiger partial charge < -0.3 is 5.11 Å². The number of hydrogen-bond donors (Lipinski definition) is 1. The third kappa shape index (κ3) is 3.21. The van der Waals surface area contributed by atoms with Gasteiger partial charge in [0.1, 0.15) is 0 Å². The summed E-state index contributed by atoms with van der Waals surface area (Å²) in [6.07, 6.45) is 1.99. The second-order valence-electron chi connectivity index (χ2n) is 4.06. The first kappa shape index (κ1) is 15.4. The number of nitrogens with zero attached hydrogens (tertiary/aromatic N) is 1. The van der Waals surface area contributed by atoms with Gasteiger partial charge in [0.15, 0.2) is 0 Å². The van der Waals surface area contributed by atoms with E-state index >= 15 is 0 Å². The lowest BCUT2D eigenvalue weighted by molar-refractivity contribution is 0.0696. The van der Waals surface area contributed by atoms with Crippen LogP contribution in [0.2, 0.25) is 0 Å². The second-order valence-corrected chi connectivity index (χ2v) is 6.07. The number of carboxylic acid groups (broad SMARTS) is 1. The van der Waals surface area contributed by atoms with E-state index in [9.17, 15) is 13.2 Å². The van der Waals surface area contributed by atoms with Gasteiger partial charge in [0, 0.05) is 13.6 Å². The minimum absolute atomic E-state index is 0.0391. The molecule has 0 heterocycles. The number of sulfonamides is 1. The van der Waals surface area contributed by atoms with Crippen molar-refractivity contribution in [3.8, 4) is 0 Å². The molecule has 0 saturated carbocycles. The number of carbonyl (C=O) groups is 1. The third-order valence-corrected chi connectivity index (χ3v) is 4.68. The van der Waals surface area contributed by atoms with Crippen LogP contribution in [0.15, 0.2) is 35.7 Å². The van der Waals surface area contributed by atoms with E-state index < -0.39 is 16.0 Å². The zero-order valence-corrected chi connectivity index (χ0v) is 11.8. The molecule has 104 valence electrons. The lowest BCUT2D eigenvalue weighted by Gasteiger charge is -2.17. The highest BCUT2D eigenvalue weighted by Gasteiger charge is 2.23. The van der Waals surface area contributed by atoms with E-state index in [1.54, 1.807) is 0 Å². The number of carboxylic acids is 1. The molecular weight excluding hydrogens is 266 g/mol. The molecule has 5 nitrogen and oxygen atoms in total. The summed E-state index contributed by atoms with van der Waals surface area (Å²) < 4.78 is 25.9. The fourth-order valence-electron chi connectivity index (χ4n) is 1.67. The van der Waals surface area contributed by atoms with Gasteiger partial charge in [0.2, 0.25) is 10.0 Å². The van der Waals surface area contributed by atoms with Crippen LogP contribution < -0.4 is 0 Å².